The molecule has 5 nitrogen and oxygen atoms in total. The van der Waals surface area contributed by atoms with Crippen molar-refractivity contribution in [2.75, 3.05) is 13.2 Å². The second-order valence-corrected chi connectivity index (χ2v) is 4.71. The Bertz CT molecular complexity index is 482. The third-order valence-electron chi connectivity index (χ3n) is 2.96. The van der Waals surface area contributed by atoms with E-state index < -0.39 is 0 Å². The zero-order chi connectivity index (χ0) is 14.4. The molecule has 1 fully saturated rings. The van der Waals surface area contributed by atoms with Crippen molar-refractivity contribution in [3.63, 3.8) is 0 Å². The fourth-order valence-electron chi connectivity index (χ4n) is 1.95. The number of rotatable bonds is 6. The molecule has 2 rings (SSSR count). The molecule has 1 aromatic carbocycles. The highest BCUT2D eigenvalue weighted by molar-refractivity contribution is 6.06. The molecule has 0 radical (unpaired) electrons. The number of guanidine groups is 1. The highest BCUT2D eigenvalue weighted by Crippen LogP contribution is 2.20. The number of hydrogen-bond acceptors (Lipinski definition) is 3. The number of amides is 1. The molecule has 20 heavy (non-hydrogen) atoms. The van der Waals surface area contributed by atoms with Crippen LogP contribution in [0.3, 0.4) is 0 Å². The van der Waals surface area contributed by atoms with Crippen molar-refractivity contribution in [3.8, 4) is 5.75 Å². The van der Waals surface area contributed by atoms with Gasteiger partial charge >= 0.3 is 0 Å². The monoisotopic (exact) mass is 275 g/mol. The van der Waals surface area contributed by atoms with Crippen LogP contribution in [0.25, 0.3) is 0 Å². The summed E-state index contributed by atoms with van der Waals surface area (Å²) in [6, 6.07) is 7.23. The van der Waals surface area contributed by atoms with E-state index >= 15 is 0 Å². The van der Waals surface area contributed by atoms with Crippen LogP contribution in [0.2, 0.25) is 0 Å². The number of carbonyl (C=O) groups is 1. The van der Waals surface area contributed by atoms with Crippen LogP contribution in [-0.2, 0) is 4.79 Å². The number of hydrogen-bond donors (Lipinski definition) is 2. The van der Waals surface area contributed by atoms with Crippen LogP contribution >= 0.6 is 0 Å². The van der Waals surface area contributed by atoms with Crippen molar-refractivity contribution in [1.82, 2.24) is 10.6 Å². The van der Waals surface area contributed by atoms with E-state index in [0.717, 1.165) is 24.2 Å². The van der Waals surface area contributed by atoms with Crippen molar-refractivity contribution in [2.45, 2.75) is 32.7 Å². The predicted molar refractivity (Wildman–Crippen MR) is 78.8 cm³/mol. The average Bonchev–Trinajstić information content (AvgIpc) is 2.84. The van der Waals surface area contributed by atoms with E-state index in [1.807, 2.05) is 31.2 Å². The first-order valence-corrected chi connectivity index (χ1v) is 7.09. The molecule has 1 heterocycles. The van der Waals surface area contributed by atoms with Crippen LogP contribution < -0.4 is 15.4 Å². The van der Waals surface area contributed by atoms with Gasteiger partial charge in [0.2, 0.25) is 0 Å². The second-order valence-electron chi connectivity index (χ2n) is 4.71. The van der Waals surface area contributed by atoms with Crippen molar-refractivity contribution in [2.24, 2.45) is 4.99 Å². The zero-order valence-corrected chi connectivity index (χ0v) is 12.0. The Kier molecular flexibility index (Phi) is 4.98. The Hall–Kier alpha value is -2.04. The number of benzene rings is 1. The van der Waals surface area contributed by atoms with Gasteiger partial charge in [-0.25, -0.2) is 0 Å². The largest absolute Gasteiger partial charge is 0.494 e. The molecule has 0 saturated carbocycles. The fourth-order valence-corrected chi connectivity index (χ4v) is 1.95. The summed E-state index contributed by atoms with van der Waals surface area (Å²) < 4.78 is 5.53. The molecule has 0 spiro atoms. The predicted octanol–water partition coefficient (Wildman–Crippen LogP) is 2.00. The molecule has 1 atom stereocenters. The lowest BCUT2D eigenvalue weighted by Gasteiger charge is -2.09. The maximum atomic E-state index is 11.9. The van der Waals surface area contributed by atoms with Crippen molar-refractivity contribution in [3.05, 3.63) is 29.8 Å². The molecule has 5 heteroatoms. The number of carbonyl (C=O) groups excluding carboxylic acids is 1. The number of nitrogens with one attached hydrogen (secondary N) is 2. The Balaban J connectivity index is 2.02. The first-order chi connectivity index (χ1) is 9.74. The van der Waals surface area contributed by atoms with Gasteiger partial charge in [-0.1, -0.05) is 26.0 Å². The third-order valence-corrected chi connectivity index (χ3v) is 2.96. The Morgan fingerprint density at radius 3 is 2.60 bits per heavy atom. The summed E-state index contributed by atoms with van der Waals surface area (Å²) in [5.74, 6) is 1.32. The normalized spacial score (nSPS) is 19.8. The van der Waals surface area contributed by atoms with Gasteiger partial charge in [-0.3, -0.25) is 15.1 Å². The van der Waals surface area contributed by atoms with E-state index in [4.69, 9.17) is 4.74 Å². The zero-order valence-electron chi connectivity index (χ0n) is 12.0. The Morgan fingerprint density at radius 1 is 1.20 bits per heavy atom. The summed E-state index contributed by atoms with van der Waals surface area (Å²) in [6.07, 6.45) is 1.93. The lowest BCUT2D eigenvalue weighted by molar-refractivity contribution is -0.120. The molecular weight excluding hydrogens is 254 g/mol. The minimum atomic E-state index is -0.370. The van der Waals surface area contributed by atoms with Crippen LogP contribution in [-0.4, -0.2) is 25.0 Å². The minimum Gasteiger partial charge on any atom is -0.494 e. The van der Waals surface area contributed by atoms with Gasteiger partial charge < -0.3 is 10.1 Å². The van der Waals surface area contributed by atoms with Crippen LogP contribution in [0.15, 0.2) is 29.3 Å². The van der Waals surface area contributed by atoms with Crippen LogP contribution in [0, 0.1) is 0 Å². The standard InChI is InChI=1S/C15H21N3O2/c1-3-9-16-15-17-13(14(19)18-15)11-5-7-12(8-6-11)20-10-4-2/h5-8,13H,3-4,9-10H2,1-2H3,(H2,16,17,18,19). The van der Waals surface area contributed by atoms with E-state index in [2.05, 4.69) is 22.5 Å². The summed E-state index contributed by atoms with van der Waals surface area (Å²) in [6.45, 7) is 5.53. The molecule has 1 amide bonds. The summed E-state index contributed by atoms with van der Waals surface area (Å²) in [7, 11) is 0. The van der Waals surface area contributed by atoms with Gasteiger partial charge in [0.1, 0.15) is 11.8 Å². The van der Waals surface area contributed by atoms with E-state index in [1.54, 1.807) is 0 Å². The van der Waals surface area contributed by atoms with Gasteiger partial charge in [-0.15, -0.1) is 0 Å². The first-order valence-electron chi connectivity index (χ1n) is 7.09. The molecule has 0 aliphatic carbocycles. The van der Waals surface area contributed by atoms with E-state index in [9.17, 15) is 4.79 Å². The van der Waals surface area contributed by atoms with E-state index in [-0.39, 0.29) is 11.9 Å². The maximum Gasteiger partial charge on any atom is 0.253 e. The SMILES string of the molecule is CCCN=C1NC(=O)C(c2ccc(OCCC)cc2)N1. The summed E-state index contributed by atoms with van der Waals surface area (Å²) in [4.78, 5) is 16.2. The molecule has 0 bridgehead atoms. The van der Waals surface area contributed by atoms with Crippen molar-refractivity contribution < 1.29 is 9.53 Å². The summed E-state index contributed by atoms with van der Waals surface area (Å²) >= 11 is 0. The lowest BCUT2D eigenvalue weighted by Crippen LogP contribution is -2.25. The van der Waals surface area contributed by atoms with Gasteiger partial charge in [-0.05, 0) is 30.5 Å². The quantitative estimate of drug-likeness (QED) is 0.834. The lowest BCUT2D eigenvalue weighted by atomic mass is 10.1. The fraction of sp³-hybridized carbons (Fsp3) is 0.467. The molecule has 1 aliphatic heterocycles. The highest BCUT2D eigenvalue weighted by Gasteiger charge is 2.29. The molecular formula is C15H21N3O2. The van der Waals surface area contributed by atoms with Crippen molar-refractivity contribution >= 4 is 11.9 Å². The molecule has 0 aromatic heterocycles. The molecule has 1 saturated heterocycles. The Labute approximate surface area is 119 Å². The number of nitrogens with zero attached hydrogens (tertiary/aromatic N) is 1. The topological polar surface area (TPSA) is 62.7 Å². The van der Waals surface area contributed by atoms with Gasteiger partial charge in [0.25, 0.3) is 5.91 Å². The average molecular weight is 275 g/mol. The minimum absolute atomic E-state index is 0.0675. The Morgan fingerprint density at radius 2 is 1.95 bits per heavy atom. The van der Waals surface area contributed by atoms with Gasteiger partial charge in [0.05, 0.1) is 6.61 Å². The number of aliphatic imine (C=N–C) groups is 1. The van der Waals surface area contributed by atoms with E-state index in [1.165, 1.54) is 0 Å². The molecule has 1 aromatic rings. The van der Waals surface area contributed by atoms with E-state index in [0.29, 0.717) is 19.1 Å². The second kappa shape index (κ2) is 6.93. The number of ether oxygens (including phenoxy) is 1. The van der Waals surface area contributed by atoms with Crippen LogP contribution in [0.5, 0.6) is 5.75 Å². The van der Waals surface area contributed by atoms with Gasteiger partial charge in [0, 0.05) is 6.54 Å². The summed E-state index contributed by atoms with van der Waals surface area (Å²) in [5, 5.41) is 5.86. The van der Waals surface area contributed by atoms with Crippen molar-refractivity contribution in [1.29, 1.82) is 0 Å². The highest BCUT2D eigenvalue weighted by atomic mass is 16.5. The maximum absolute atomic E-state index is 11.9. The molecule has 2 N–H and O–H groups in total. The van der Waals surface area contributed by atoms with Gasteiger partial charge in [0.15, 0.2) is 5.96 Å². The smallest absolute Gasteiger partial charge is 0.253 e. The molecule has 108 valence electrons. The third kappa shape index (κ3) is 3.50. The van der Waals surface area contributed by atoms with Crippen LogP contribution in [0.4, 0.5) is 0 Å². The first kappa shape index (κ1) is 14.4. The molecule has 1 aliphatic rings. The molecule has 1 unspecified atom stereocenters. The van der Waals surface area contributed by atoms with Crippen LogP contribution in [0.1, 0.15) is 38.3 Å². The van der Waals surface area contributed by atoms with Gasteiger partial charge in [-0.2, -0.15) is 0 Å². The summed E-state index contributed by atoms with van der Waals surface area (Å²) in [5.41, 5.74) is 0.910.